The summed E-state index contributed by atoms with van der Waals surface area (Å²) in [6.07, 6.45) is 1.93. The molecule has 4 heteroatoms. The first-order chi connectivity index (χ1) is 24.0. The van der Waals surface area contributed by atoms with E-state index in [0.717, 1.165) is 39.4 Å². The van der Waals surface area contributed by atoms with Gasteiger partial charge < -0.3 is 0 Å². The average Bonchev–Trinajstić information content (AvgIpc) is 3.66. The molecule has 3 heterocycles. The molecule has 7 rings (SSSR count). The van der Waals surface area contributed by atoms with Gasteiger partial charge in [0.25, 0.3) is 0 Å². The normalized spacial score (nSPS) is 13.9. The summed E-state index contributed by atoms with van der Waals surface area (Å²) in [4.78, 5) is 4.95. The third-order valence-corrected chi connectivity index (χ3v) is 10.2. The van der Waals surface area contributed by atoms with Crippen LogP contribution in [0.25, 0.3) is 33.3 Å². The molecule has 242 valence electrons. The zero-order valence-corrected chi connectivity index (χ0v) is 29.3. The van der Waals surface area contributed by atoms with Crippen molar-refractivity contribution in [1.82, 2.24) is 19.3 Å². The van der Waals surface area contributed by atoms with Gasteiger partial charge in [0.05, 0.1) is 22.4 Å². The van der Waals surface area contributed by atoms with Crippen molar-refractivity contribution in [2.75, 3.05) is 0 Å². The molecule has 3 aromatic heterocycles. The Morgan fingerprint density at radius 1 is 0.583 bits per heavy atom. The summed E-state index contributed by atoms with van der Waals surface area (Å²) in [6.45, 7) is 15.4. The summed E-state index contributed by atoms with van der Waals surface area (Å²) in [5.41, 5.74) is 9.36. The summed E-state index contributed by atoms with van der Waals surface area (Å²) in [5, 5.41) is 6.84. The number of fused-ring (bicyclic) bond motifs is 3. The van der Waals surface area contributed by atoms with Crippen LogP contribution in [-0.2, 0) is 16.2 Å². The van der Waals surface area contributed by atoms with Crippen molar-refractivity contribution in [3.8, 4) is 11.5 Å². The lowest BCUT2D eigenvalue weighted by Crippen LogP contribution is -2.19. The maximum Gasteiger partial charge on any atom is 0.137 e. The fourth-order valence-corrected chi connectivity index (χ4v) is 7.00. The van der Waals surface area contributed by atoms with E-state index in [9.17, 15) is 0 Å². The molecule has 0 fully saturated rings. The van der Waals surface area contributed by atoms with E-state index in [0.29, 0.717) is 0 Å². The molecule has 0 N–H and O–H groups in total. The second-order valence-corrected chi connectivity index (χ2v) is 15.2. The number of aryl methyl sites for hydroxylation is 2. The van der Waals surface area contributed by atoms with Gasteiger partial charge >= 0.3 is 0 Å². The SMILES string of the molecule is [2H]C([2H])([2H])c1cc(C)n(-c2cccc(C(C)(C)c3ccc4c5cc(C(C)(C)c6ccccc6)ccc5n(-c5cc(C(C)(C)C)ccn5)c4c3)c2)n1. The molecular weight excluding hydrogens is 585 g/mol. The van der Waals surface area contributed by atoms with Crippen LogP contribution in [0.5, 0.6) is 0 Å². The molecule has 0 unspecified atom stereocenters. The van der Waals surface area contributed by atoms with Gasteiger partial charge in [0, 0.05) is 37.6 Å². The number of hydrogen-bond acceptors (Lipinski definition) is 2. The summed E-state index contributed by atoms with van der Waals surface area (Å²) in [7, 11) is 0. The zero-order valence-electron chi connectivity index (χ0n) is 32.3. The second-order valence-electron chi connectivity index (χ2n) is 15.2. The predicted molar refractivity (Wildman–Crippen MR) is 201 cm³/mol. The van der Waals surface area contributed by atoms with Crippen molar-refractivity contribution in [1.29, 1.82) is 0 Å². The number of benzene rings is 4. The number of nitrogens with zero attached hydrogens (tertiary/aromatic N) is 4. The van der Waals surface area contributed by atoms with Gasteiger partial charge in [-0.2, -0.15) is 5.10 Å². The lowest BCUT2D eigenvalue weighted by Gasteiger charge is -2.27. The third kappa shape index (κ3) is 5.34. The molecular formula is C44H46N4. The van der Waals surface area contributed by atoms with E-state index in [1.807, 2.05) is 25.3 Å². The predicted octanol–water partition coefficient (Wildman–Crippen LogP) is 10.9. The first kappa shape index (κ1) is 28.1. The summed E-state index contributed by atoms with van der Waals surface area (Å²) >= 11 is 0. The van der Waals surface area contributed by atoms with Crippen LogP contribution in [0.2, 0.25) is 0 Å². The van der Waals surface area contributed by atoms with Crippen molar-refractivity contribution < 1.29 is 4.11 Å². The van der Waals surface area contributed by atoms with Crippen molar-refractivity contribution >= 4 is 21.8 Å². The fourth-order valence-electron chi connectivity index (χ4n) is 7.00. The summed E-state index contributed by atoms with van der Waals surface area (Å²) < 4.78 is 27.6. The van der Waals surface area contributed by atoms with E-state index in [4.69, 9.17) is 9.10 Å². The van der Waals surface area contributed by atoms with Gasteiger partial charge in [-0.3, -0.25) is 4.57 Å². The molecule has 4 nitrogen and oxygen atoms in total. The zero-order chi connectivity index (χ0) is 36.5. The van der Waals surface area contributed by atoms with Crippen LogP contribution in [-0.4, -0.2) is 19.3 Å². The molecule has 0 aliphatic heterocycles. The average molecular weight is 634 g/mol. The maximum absolute atomic E-state index is 7.86. The molecule has 0 atom stereocenters. The van der Waals surface area contributed by atoms with Crippen LogP contribution < -0.4 is 0 Å². The topological polar surface area (TPSA) is 35.6 Å². The molecule has 4 aromatic carbocycles. The minimum absolute atomic E-state index is 0.0291. The molecule has 0 radical (unpaired) electrons. The number of aromatic nitrogens is 4. The highest BCUT2D eigenvalue weighted by molar-refractivity contribution is 6.09. The standard InChI is InChI=1S/C44H46N4/c1-29-24-30(2)48(46-29)36-17-13-16-33(25-36)44(8,9)35-18-20-37-38-26-34(43(6,7)31-14-11-10-12-15-31)19-21-39(38)47(40(37)27-35)41-28-32(22-23-45-41)42(3,4)5/h10-28H,1-9H3/i1D3. The lowest BCUT2D eigenvalue weighted by molar-refractivity contribution is 0.588. The van der Waals surface area contributed by atoms with E-state index < -0.39 is 6.85 Å². The monoisotopic (exact) mass is 633 g/mol. The Labute approximate surface area is 289 Å². The molecule has 0 bridgehead atoms. The largest absolute Gasteiger partial charge is 0.294 e. The first-order valence-corrected chi connectivity index (χ1v) is 16.8. The van der Waals surface area contributed by atoms with Crippen LogP contribution in [0.15, 0.2) is 115 Å². The van der Waals surface area contributed by atoms with Crippen molar-refractivity contribution in [2.24, 2.45) is 0 Å². The highest BCUT2D eigenvalue weighted by Gasteiger charge is 2.28. The van der Waals surface area contributed by atoms with Gasteiger partial charge in [-0.1, -0.05) is 109 Å². The van der Waals surface area contributed by atoms with Gasteiger partial charge in [0.1, 0.15) is 5.82 Å². The molecule has 7 aromatic rings. The van der Waals surface area contributed by atoms with E-state index in [2.05, 4.69) is 149 Å². The molecule has 0 aliphatic carbocycles. The van der Waals surface area contributed by atoms with Crippen molar-refractivity contribution in [3.05, 3.63) is 155 Å². The molecule has 48 heavy (non-hydrogen) atoms. The minimum Gasteiger partial charge on any atom is -0.294 e. The smallest absolute Gasteiger partial charge is 0.137 e. The molecule has 0 saturated heterocycles. The first-order valence-electron chi connectivity index (χ1n) is 18.3. The Bertz CT molecular complexity index is 2400. The minimum atomic E-state index is -2.26. The van der Waals surface area contributed by atoms with Crippen molar-refractivity contribution in [2.45, 2.75) is 78.5 Å². The molecule has 0 saturated carbocycles. The Morgan fingerprint density at radius 3 is 2.00 bits per heavy atom. The van der Waals surface area contributed by atoms with Crippen LogP contribution in [0.3, 0.4) is 0 Å². The Balaban J connectivity index is 1.41. The van der Waals surface area contributed by atoms with Gasteiger partial charge in [-0.05, 0) is 95.5 Å². The Kier molecular flexibility index (Phi) is 6.63. The van der Waals surface area contributed by atoms with Gasteiger partial charge in [-0.25, -0.2) is 9.67 Å². The van der Waals surface area contributed by atoms with Gasteiger partial charge in [0.15, 0.2) is 0 Å². The van der Waals surface area contributed by atoms with E-state index in [-0.39, 0.29) is 21.9 Å². The summed E-state index contributed by atoms with van der Waals surface area (Å²) in [6, 6.07) is 38.7. The van der Waals surface area contributed by atoms with E-state index in [1.54, 1.807) is 10.7 Å². The third-order valence-electron chi connectivity index (χ3n) is 10.2. The van der Waals surface area contributed by atoms with Crippen molar-refractivity contribution in [3.63, 3.8) is 0 Å². The highest BCUT2D eigenvalue weighted by atomic mass is 15.3. The van der Waals surface area contributed by atoms with E-state index in [1.165, 1.54) is 27.5 Å². The number of rotatable bonds is 6. The van der Waals surface area contributed by atoms with Crippen LogP contribution in [0, 0.1) is 13.8 Å². The van der Waals surface area contributed by atoms with Crippen LogP contribution >= 0.6 is 0 Å². The summed E-state index contributed by atoms with van der Waals surface area (Å²) in [5.74, 6) is 0.897. The van der Waals surface area contributed by atoms with E-state index >= 15 is 0 Å². The fraction of sp³-hybridized carbons (Fsp3) is 0.273. The Hall–Kier alpha value is -4.96. The molecule has 0 amide bonds. The molecule has 0 spiro atoms. The van der Waals surface area contributed by atoms with Crippen LogP contribution in [0.4, 0.5) is 0 Å². The lowest BCUT2D eigenvalue weighted by atomic mass is 9.77. The number of hydrogen-bond donors (Lipinski definition) is 0. The quantitative estimate of drug-likeness (QED) is 0.183. The van der Waals surface area contributed by atoms with Gasteiger partial charge in [-0.15, -0.1) is 0 Å². The molecule has 0 aliphatic rings. The van der Waals surface area contributed by atoms with Gasteiger partial charge in [0.2, 0.25) is 0 Å². The maximum atomic E-state index is 7.86. The highest BCUT2D eigenvalue weighted by Crippen LogP contribution is 2.41. The number of pyridine rings is 1. The van der Waals surface area contributed by atoms with Crippen LogP contribution in [0.1, 0.15) is 91.8 Å². The Morgan fingerprint density at radius 2 is 1.27 bits per heavy atom. The second kappa shape index (κ2) is 11.3.